The summed E-state index contributed by atoms with van der Waals surface area (Å²) in [6.07, 6.45) is 6.48. The molecule has 0 aliphatic heterocycles. The van der Waals surface area contributed by atoms with Gasteiger partial charge in [-0.15, -0.1) is 5.10 Å². The van der Waals surface area contributed by atoms with Crippen molar-refractivity contribution in [2.24, 2.45) is 0 Å². The molecule has 3 aromatic heterocycles. The number of benzene rings is 1. The van der Waals surface area contributed by atoms with E-state index < -0.39 is 0 Å². The van der Waals surface area contributed by atoms with Crippen molar-refractivity contribution in [2.75, 3.05) is 12.4 Å². The van der Waals surface area contributed by atoms with E-state index in [2.05, 4.69) is 35.8 Å². The summed E-state index contributed by atoms with van der Waals surface area (Å²) in [6, 6.07) is 7.88. The van der Waals surface area contributed by atoms with Crippen LogP contribution in [0.1, 0.15) is 17.7 Å². The topological polar surface area (TPSA) is 106 Å². The predicted molar refractivity (Wildman–Crippen MR) is 99.0 cm³/mol. The Hall–Kier alpha value is -3.49. The second-order valence-corrected chi connectivity index (χ2v) is 6.56. The Kier molecular flexibility index (Phi) is 3.70. The molecule has 0 spiro atoms. The Morgan fingerprint density at radius 1 is 1.22 bits per heavy atom. The highest BCUT2D eigenvalue weighted by Gasteiger charge is 2.21. The molecule has 3 heterocycles. The van der Waals surface area contributed by atoms with Crippen LogP contribution in [0.15, 0.2) is 36.7 Å². The van der Waals surface area contributed by atoms with Crippen LogP contribution in [0.2, 0.25) is 0 Å². The number of aromatic amines is 1. The van der Waals surface area contributed by atoms with Crippen LogP contribution in [0.5, 0.6) is 5.75 Å². The number of fused-ring (bicyclic) bond motifs is 2. The molecule has 2 N–H and O–H groups in total. The molecular weight excluding hydrogens is 344 g/mol. The van der Waals surface area contributed by atoms with Gasteiger partial charge in [-0.25, -0.2) is 4.98 Å². The zero-order valence-electron chi connectivity index (χ0n) is 14.8. The number of methoxy groups -OCH3 is 1. The maximum absolute atomic E-state index is 5.21. The molecule has 9 heteroatoms. The highest BCUT2D eigenvalue weighted by Crippen LogP contribution is 2.22. The number of rotatable bonds is 4. The van der Waals surface area contributed by atoms with E-state index in [4.69, 9.17) is 4.74 Å². The third-order valence-corrected chi connectivity index (χ3v) is 4.86. The molecule has 0 radical (unpaired) electrons. The van der Waals surface area contributed by atoms with Crippen molar-refractivity contribution in [3.05, 3.63) is 47.9 Å². The molecule has 5 rings (SSSR count). The number of anilines is 1. The number of aromatic nitrogens is 7. The first-order valence-corrected chi connectivity index (χ1v) is 8.81. The highest BCUT2D eigenvalue weighted by atomic mass is 16.5. The molecule has 4 aromatic rings. The molecule has 1 aromatic carbocycles. The van der Waals surface area contributed by atoms with Gasteiger partial charge in [0.1, 0.15) is 5.75 Å². The Bertz CT molecular complexity index is 1080. The normalized spacial score (nSPS) is 16.3. The first-order valence-electron chi connectivity index (χ1n) is 8.81. The summed E-state index contributed by atoms with van der Waals surface area (Å²) < 4.78 is 6.91. The minimum Gasteiger partial charge on any atom is -0.497 e. The zero-order valence-corrected chi connectivity index (χ0v) is 14.8. The van der Waals surface area contributed by atoms with E-state index in [1.165, 1.54) is 11.3 Å². The molecular formula is C18H18N8O. The molecule has 0 fully saturated rings. The van der Waals surface area contributed by atoms with Crippen LogP contribution in [0.25, 0.3) is 16.9 Å². The Morgan fingerprint density at radius 3 is 2.96 bits per heavy atom. The number of H-pyrrole nitrogens is 1. The molecule has 0 saturated carbocycles. The molecule has 0 amide bonds. The van der Waals surface area contributed by atoms with Crippen LogP contribution in [-0.2, 0) is 12.8 Å². The van der Waals surface area contributed by atoms with Gasteiger partial charge in [0.2, 0.25) is 5.95 Å². The molecule has 9 nitrogen and oxygen atoms in total. The lowest BCUT2D eigenvalue weighted by atomic mass is 9.94. The molecule has 136 valence electrons. The maximum atomic E-state index is 5.21. The summed E-state index contributed by atoms with van der Waals surface area (Å²) in [5.41, 5.74) is 4.66. The van der Waals surface area contributed by atoms with E-state index in [9.17, 15) is 0 Å². The lowest BCUT2D eigenvalue weighted by molar-refractivity contribution is 0.414. The summed E-state index contributed by atoms with van der Waals surface area (Å²) in [5.74, 6) is 1.37. The van der Waals surface area contributed by atoms with Crippen molar-refractivity contribution < 1.29 is 4.74 Å². The number of nitrogens with zero attached hydrogens (tertiary/aromatic N) is 6. The van der Waals surface area contributed by atoms with E-state index in [1.54, 1.807) is 18.0 Å². The lowest BCUT2D eigenvalue weighted by Crippen LogP contribution is -2.27. The maximum Gasteiger partial charge on any atom is 0.225 e. The van der Waals surface area contributed by atoms with Crippen LogP contribution in [0.4, 0.5) is 5.95 Å². The smallest absolute Gasteiger partial charge is 0.225 e. The van der Waals surface area contributed by atoms with E-state index in [0.29, 0.717) is 17.1 Å². The van der Waals surface area contributed by atoms with Gasteiger partial charge in [0.15, 0.2) is 11.2 Å². The van der Waals surface area contributed by atoms with Crippen molar-refractivity contribution >= 4 is 17.1 Å². The summed E-state index contributed by atoms with van der Waals surface area (Å²) in [4.78, 5) is 9.05. The number of hydrogen-bond acceptors (Lipinski definition) is 7. The van der Waals surface area contributed by atoms with E-state index >= 15 is 0 Å². The summed E-state index contributed by atoms with van der Waals surface area (Å²) in [6.45, 7) is 0. The fourth-order valence-electron chi connectivity index (χ4n) is 3.42. The highest BCUT2D eigenvalue weighted by molar-refractivity contribution is 5.72. The van der Waals surface area contributed by atoms with Crippen molar-refractivity contribution in [2.45, 2.75) is 25.3 Å². The van der Waals surface area contributed by atoms with E-state index in [1.807, 2.05) is 30.5 Å². The second-order valence-electron chi connectivity index (χ2n) is 6.56. The molecule has 0 bridgehead atoms. The summed E-state index contributed by atoms with van der Waals surface area (Å²) in [7, 11) is 1.64. The minimum absolute atomic E-state index is 0.276. The van der Waals surface area contributed by atoms with E-state index in [0.717, 1.165) is 30.7 Å². The molecule has 1 atom stereocenters. The fourth-order valence-corrected chi connectivity index (χ4v) is 3.42. The largest absolute Gasteiger partial charge is 0.497 e. The number of ether oxygens (including phenoxy) is 1. The van der Waals surface area contributed by atoms with Gasteiger partial charge >= 0.3 is 0 Å². The van der Waals surface area contributed by atoms with Gasteiger partial charge in [-0.2, -0.15) is 14.8 Å². The SMILES string of the molecule is COc1ccc(-n2nnc3cnc(NC4CCc5[nH]ncc5C4)nc32)cc1. The van der Waals surface area contributed by atoms with Gasteiger partial charge in [-0.1, -0.05) is 5.21 Å². The quantitative estimate of drug-likeness (QED) is 0.571. The third-order valence-electron chi connectivity index (χ3n) is 4.86. The Labute approximate surface area is 154 Å². The Balaban J connectivity index is 1.43. The number of aryl methyl sites for hydroxylation is 1. The van der Waals surface area contributed by atoms with Crippen LogP contribution in [0.3, 0.4) is 0 Å². The first-order chi connectivity index (χ1) is 13.3. The fraction of sp³-hybridized carbons (Fsp3) is 0.278. The number of hydrogen-bond donors (Lipinski definition) is 2. The summed E-state index contributed by atoms with van der Waals surface area (Å²) >= 11 is 0. The van der Waals surface area contributed by atoms with Gasteiger partial charge in [-0.05, 0) is 49.1 Å². The molecule has 1 aliphatic rings. The van der Waals surface area contributed by atoms with Crippen LogP contribution in [-0.4, -0.2) is 48.3 Å². The average molecular weight is 362 g/mol. The predicted octanol–water partition coefficient (Wildman–Crippen LogP) is 1.91. The van der Waals surface area contributed by atoms with Crippen molar-refractivity contribution in [1.82, 2.24) is 35.2 Å². The molecule has 0 saturated heterocycles. The van der Waals surface area contributed by atoms with Crippen molar-refractivity contribution in [1.29, 1.82) is 0 Å². The van der Waals surface area contributed by atoms with Crippen LogP contribution in [0, 0.1) is 0 Å². The van der Waals surface area contributed by atoms with Gasteiger partial charge in [0, 0.05) is 11.7 Å². The average Bonchev–Trinajstić information content (AvgIpc) is 3.34. The second kappa shape index (κ2) is 6.35. The first kappa shape index (κ1) is 15.7. The van der Waals surface area contributed by atoms with Gasteiger partial charge in [0.05, 0.1) is 25.2 Å². The number of nitrogens with one attached hydrogen (secondary N) is 2. The zero-order chi connectivity index (χ0) is 18.2. The van der Waals surface area contributed by atoms with Crippen LogP contribution >= 0.6 is 0 Å². The Morgan fingerprint density at radius 2 is 2.11 bits per heavy atom. The van der Waals surface area contributed by atoms with E-state index in [-0.39, 0.29) is 6.04 Å². The van der Waals surface area contributed by atoms with Gasteiger partial charge in [0.25, 0.3) is 0 Å². The summed E-state index contributed by atoms with van der Waals surface area (Å²) in [5, 5.41) is 19.0. The van der Waals surface area contributed by atoms with Crippen molar-refractivity contribution in [3.8, 4) is 11.4 Å². The molecule has 1 aliphatic carbocycles. The van der Waals surface area contributed by atoms with Crippen LogP contribution < -0.4 is 10.1 Å². The van der Waals surface area contributed by atoms with Crippen molar-refractivity contribution in [3.63, 3.8) is 0 Å². The molecule has 27 heavy (non-hydrogen) atoms. The third kappa shape index (κ3) is 2.86. The van der Waals surface area contributed by atoms with Gasteiger partial charge < -0.3 is 10.1 Å². The van der Waals surface area contributed by atoms with Gasteiger partial charge in [-0.3, -0.25) is 5.10 Å². The molecule has 1 unspecified atom stereocenters. The minimum atomic E-state index is 0.276. The monoisotopic (exact) mass is 362 g/mol. The standard InChI is InChI=1S/C18H18N8O/c1-27-14-5-3-13(4-6-14)26-17-16(24-25-26)10-19-18(22-17)21-12-2-7-15-11(8-12)9-20-23-15/h3-6,9-10,12H,2,7-8H2,1H3,(H,20,23)(H,19,21,22). The lowest BCUT2D eigenvalue weighted by Gasteiger charge is -2.22.